The first-order valence-electron chi connectivity index (χ1n) is 17.5. The summed E-state index contributed by atoms with van der Waals surface area (Å²) in [5, 5.41) is 4.24. The zero-order chi connectivity index (χ0) is 32.1. The number of fused-ring (bicyclic) bond motifs is 13. The molecule has 232 valence electrons. The Labute approximate surface area is 270 Å². The normalized spacial score (nSPS) is 24.2. The minimum atomic E-state index is -0.176. The third-order valence-electron chi connectivity index (χ3n) is 12.5. The Morgan fingerprint density at radius 1 is 0.622 bits per heavy atom. The summed E-state index contributed by atoms with van der Waals surface area (Å²) in [6, 6.07) is 19.2. The Morgan fingerprint density at radius 3 is 1.91 bits per heavy atom. The minimum Gasteiger partial charge on any atom is -0.456 e. The van der Waals surface area contributed by atoms with Crippen LogP contribution in [0.5, 0.6) is 0 Å². The van der Waals surface area contributed by atoms with Crippen LogP contribution in [0.4, 0.5) is 0 Å². The molecule has 1 heterocycles. The van der Waals surface area contributed by atoms with Gasteiger partial charge in [0, 0.05) is 27.3 Å². The molecule has 0 aliphatic heterocycles. The van der Waals surface area contributed by atoms with Crippen molar-refractivity contribution in [1.29, 1.82) is 0 Å². The molecule has 0 radical (unpaired) electrons. The van der Waals surface area contributed by atoms with Crippen LogP contribution in [-0.2, 0) is 10.8 Å². The quantitative estimate of drug-likeness (QED) is 0.202. The number of benzene rings is 4. The van der Waals surface area contributed by atoms with Gasteiger partial charge in [0.05, 0.1) is 0 Å². The van der Waals surface area contributed by atoms with Crippen LogP contribution in [0.3, 0.4) is 0 Å². The molecule has 3 aliphatic carbocycles. The van der Waals surface area contributed by atoms with Crippen molar-refractivity contribution in [3.05, 3.63) is 93.0 Å². The monoisotopic (exact) mass is 594 g/mol. The number of rotatable bonds is 3. The maximum Gasteiger partial charge on any atom is 0.139 e. The molecule has 1 spiro atoms. The largest absolute Gasteiger partial charge is 0.456 e. The summed E-state index contributed by atoms with van der Waals surface area (Å²) in [6.45, 7) is 29.1. The predicted molar refractivity (Wildman–Crippen MR) is 191 cm³/mol. The van der Waals surface area contributed by atoms with Gasteiger partial charge in [0.15, 0.2) is 0 Å². The highest BCUT2D eigenvalue weighted by atomic mass is 16.3. The summed E-state index contributed by atoms with van der Waals surface area (Å²) in [5.74, 6) is 4.74. The summed E-state index contributed by atoms with van der Waals surface area (Å²) in [4.78, 5) is 0. The Hall–Kier alpha value is -3.32. The molecule has 0 N–H and O–H groups in total. The predicted octanol–water partition coefficient (Wildman–Crippen LogP) is 12.2. The Kier molecular flexibility index (Phi) is 5.92. The lowest BCUT2D eigenvalue weighted by atomic mass is 9.37. The van der Waals surface area contributed by atoms with E-state index in [2.05, 4.69) is 132 Å². The molecule has 5 aromatic rings. The Morgan fingerprint density at radius 2 is 1.27 bits per heavy atom. The van der Waals surface area contributed by atoms with Gasteiger partial charge in [0.25, 0.3) is 0 Å². The van der Waals surface area contributed by atoms with Gasteiger partial charge in [0.1, 0.15) is 11.3 Å². The summed E-state index contributed by atoms with van der Waals surface area (Å²) in [6.07, 6.45) is 0. The standard InChI is InChI=1S/C44H50O/c1-21(2)34-37(22(3)4)44(38(34)23(5)6)32-15-14-28-40(43(11,12)41-29-18-24(7)13-16-33(29)45-42(28)41)36(32)31-20-27(10)35-26(9)17-25(8)19-30(35)39(31)44/h13-23,34,37-38H,1-12H3. The summed E-state index contributed by atoms with van der Waals surface area (Å²) in [5.41, 5.74) is 16.7. The van der Waals surface area contributed by atoms with Gasteiger partial charge in [-0.1, -0.05) is 103 Å². The van der Waals surface area contributed by atoms with Crippen molar-refractivity contribution in [3.8, 4) is 22.5 Å². The van der Waals surface area contributed by atoms with Gasteiger partial charge in [-0.05, 0) is 125 Å². The molecule has 0 bridgehead atoms. The van der Waals surface area contributed by atoms with E-state index < -0.39 is 0 Å². The number of hydrogen-bond acceptors (Lipinski definition) is 1. The number of aryl methyl sites for hydroxylation is 4. The molecule has 0 saturated heterocycles. The molecule has 1 heteroatoms. The van der Waals surface area contributed by atoms with E-state index in [1.54, 1.807) is 11.1 Å². The second-order valence-electron chi connectivity index (χ2n) is 16.7. The fourth-order valence-corrected chi connectivity index (χ4v) is 11.6. The van der Waals surface area contributed by atoms with Crippen LogP contribution in [0.2, 0.25) is 0 Å². The highest BCUT2D eigenvalue weighted by molar-refractivity contribution is 6.05. The molecule has 45 heavy (non-hydrogen) atoms. The molecule has 2 atom stereocenters. The number of furan rings is 1. The van der Waals surface area contributed by atoms with E-state index in [1.807, 2.05) is 0 Å². The SMILES string of the molecule is Cc1ccc2oc3c(c2c1)C(C)(C)c1c-3ccc2c1-c1cc(C)c3c(C)cc(C)cc3c1C21C(C(C)C)C(C(C)C)C1C(C)C. The summed E-state index contributed by atoms with van der Waals surface area (Å²) >= 11 is 0. The van der Waals surface area contributed by atoms with Crippen LogP contribution >= 0.6 is 0 Å². The second-order valence-corrected chi connectivity index (χ2v) is 16.7. The van der Waals surface area contributed by atoms with Crippen LogP contribution in [0, 0.1) is 63.2 Å². The first-order chi connectivity index (χ1) is 21.2. The van der Waals surface area contributed by atoms with E-state index >= 15 is 0 Å². The third kappa shape index (κ3) is 3.36. The minimum absolute atomic E-state index is 0.0123. The maximum atomic E-state index is 6.76. The molecule has 3 aliphatic rings. The van der Waals surface area contributed by atoms with E-state index in [4.69, 9.17) is 4.42 Å². The van der Waals surface area contributed by atoms with E-state index in [9.17, 15) is 0 Å². The lowest BCUT2D eigenvalue weighted by Crippen LogP contribution is -2.64. The van der Waals surface area contributed by atoms with Gasteiger partial charge in [-0.3, -0.25) is 0 Å². The lowest BCUT2D eigenvalue weighted by Gasteiger charge is -2.66. The Balaban J connectivity index is 1.56. The van der Waals surface area contributed by atoms with E-state index in [0.29, 0.717) is 35.5 Å². The molecule has 2 unspecified atom stereocenters. The maximum absolute atomic E-state index is 6.76. The van der Waals surface area contributed by atoms with Crippen LogP contribution < -0.4 is 0 Å². The van der Waals surface area contributed by atoms with Crippen LogP contribution in [0.1, 0.15) is 99.9 Å². The van der Waals surface area contributed by atoms with Crippen LogP contribution in [0.15, 0.2) is 52.9 Å². The van der Waals surface area contributed by atoms with Crippen LogP contribution in [0.25, 0.3) is 44.2 Å². The van der Waals surface area contributed by atoms with Gasteiger partial charge in [-0.15, -0.1) is 0 Å². The van der Waals surface area contributed by atoms with Gasteiger partial charge >= 0.3 is 0 Å². The molecule has 4 aromatic carbocycles. The van der Waals surface area contributed by atoms with Crippen molar-refractivity contribution in [2.75, 3.05) is 0 Å². The van der Waals surface area contributed by atoms with Crippen molar-refractivity contribution in [3.63, 3.8) is 0 Å². The molecule has 1 aromatic heterocycles. The molecule has 1 fully saturated rings. The molecule has 1 saturated carbocycles. The Bertz CT molecular complexity index is 2060. The van der Waals surface area contributed by atoms with E-state index in [0.717, 1.165) is 11.3 Å². The molecular weight excluding hydrogens is 544 g/mol. The molecular formula is C44H50O. The average molecular weight is 595 g/mol. The first-order valence-corrected chi connectivity index (χ1v) is 17.5. The average Bonchev–Trinajstić information content (AvgIpc) is 3.52. The van der Waals surface area contributed by atoms with Gasteiger partial charge in [0.2, 0.25) is 0 Å². The fourth-order valence-electron chi connectivity index (χ4n) is 11.6. The van der Waals surface area contributed by atoms with E-state index in [1.165, 1.54) is 66.2 Å². The van der Waals surface area contributed by atoms with Crippen molar-refractivity contribution >= 4 is 21.7 Å². The van der Waals surface area contributed by atoms with E-state index in [-0.39, 0.29) is 10.8 Å². The molecule has 1 nitrogen and oxygen atoms in total. The summed E-state index contributed by atoms with van der Waals surface area (Å²) < 4.78 is 6.76. The zero-order valence-electron chi connectivity index (χ0n) is 29.5. The molecule has 0 amide bonds. The van der Waals surface area contributed by atoms with Crippen LogP contribution in [-0.4, -0.2) is 0 Å². The van der Waals surface area contributed by atoms with Crippen molar-refractivity contribution in [1.82, 2.24) is 0 Å². The smallest absolute Gasteiger partial charge is 0.139 e. The highest BCUT2D eigenvalue weighted by Gasteiger charge is 2.69. The first kappa shape index (κ1) is 29.1. The van der Waals surface area contributed by atoms with Crippen molar-refractivity contribution in [2.45, 2.75) is 93.9 Å². The van der Waals surface area contributed by atoms with Crippen molar-refractivity contribution in [2.24, 2.45) is 35.5 Å². The third-order valence-corrected chi connectivity index (χ3v) is 12.5. The van der Waals surface area contributed by atoms with Gasteiger partial charge in [-0.25, -0.2) is 0 Å². The fraction of sp³-hybridized carbons (Fsp3) is 0.455. The molecule has 8 rings (SSSR count). The summed E-state index contributed by atoms with van der Waals surface area (Å²) in [7, 11) is 0. The van der Waals surface area contributed by atoms with Gasteiger partial charge < -0.3 is 4.42 Å². The lowest BCUT2D eigenvalue weighted by molar-refractivity contribution is -0.105. The van der Waals surface area contributed by atoms with Gasteiger partial charge in [-0.2, -0.15) is 0 Å². The van der Waals surface area contributed by atoms with Crippen molar-refractivity contribution < 1.29 is 4.42 Å². The number of hydrogen-bond donors (Lipinski definition) is 0. The zero-order valence-corrected chi connectivity index (χ0v) is 29.5. The second kappa shape index (κ2) is 9.15. The highest BCUT2D eigenvalue weighted by Crippen LogP contribution is 2.74. The topological polar surface area (TPSA) is 13.1 Å².